The Hall–Kier alpha value is -3.80. The van der Waals surface area contributed by atoms with E-state index in [1.165, 1.54) is 14.2 Å². The second kappa shape index (κ2) is 7.55. The van der Waals surface area contributed by atoms with Gasteiger partial charge in [-0.1, -0.05) is 6.07 Å². The molecule has 0 bridgehead atoms. The third-order valence-corrected chi connectivity index (χ3v) is 5.01. The molecule has 0 aliphatic heterocycles. The standard InChI is InChI=1S/C24H21NO5/c1-13-9-14(2)23-18(10-13)22(26)17-7-6-16(12-20(17)30-23)25-24(27)15-5-8-19(28-3)21(11-15)29-4/h5-12H,1-4H3,(H,25,27). The molecule has 0 aliphatic rings. The van der Waals surface area contributed by atoms with Gasteiger partial charge in [-0.2, -0.15) is 0 Å². The SMILES string of the molecule is COc1ccc(C(=O)Nc2ccc3c(=O)c4cc(C)cc(C)c4oc3c2)cc1OC. The van der Waals surface area contributed by atoms with Crippen molar-refractivity contribution in [2.24, 2.45) is 0 Å². The fraction of sp³-hybridized carbons (Fsp3) is 0.167. The second-order valence-electron chi connectivity index (χ2n) is 7.12. The van der Waals surface area contributed by atoms with Crippen molar-refractivity contribution < 1.29 is 18.7 Å². The summed E-state index contributed by atoms with van der Waals surface area (Å²) in [7, 11) is 3.05. The van der Waals surface area contributed by atoms with Gasteiger partial charge in [-0.25, -0.2) is 0 Å². The van der Waals surface area contributed by atoms with Crippen LogP contribution in [0.25, 0.3) is 21.9 Å². The predicted octanol–water partition coefficient (Wildman–Crippen LogP) is 4.83. The molecular formula is C24H21NO5. The van der Waals surface area contributed by atoms with E-state index in [1.54, 1.807) is 36.4 Å². The number of carbonyl (C=O) groups is 1. The number of carbonyl (C=O) groups excluding carboxylic acids is 1. The van der Waals surface area contributed by atoms with Crippen LogP contribution >= 0.6 is 0 Å². The maximum atomic E-state index is 12.9. The van der Waals surface area contributed by atoms with E-state index >= 15 is 0 Å². The number of fused-ring (bicyclic) bond motifs is 2. The second-order valence-corrected chi connectivity index (χ2v) is 7.12. The largest absolute Gasteiger partial charge is 0.493 e. The van der Waals surface area contributed by atoms with Gasteiger partial charge in [-0.15, -0.1) is 0 Å². The van der Waals surface area contributed by atoms with Crippen molar-refractivity contribution in [3.05, 3.63) is 75.4 Å². The number of nitrogens with one attached hydrogen (secondary N) is 1. The van der Waals surface area contributed by atoms with E-state index in [1.807, 2.05) is 26.0 Å². The van der Waals surface area contributed by atoms with E-state index in [4.69, 9.17) is 13.9 Å². The molecule has 0 radical (unpaired) electrons. The van der Waals surface area contributed by atoms with Crippen LogP contribution in [-0.2, 0) is 0 Å². The van der Waals surface area contributed by atoms with Crippen LogP contribution in [0.4, 0.5) is 5.69 Å². The van der Waals surface area contributed by atoms with E-state index in [-0.39, 0.29) is 11.3 Å². The lowest BCUT2D eigenvalue weighted by atomic mass is 10.1. The van der Waals surface area contributed by atoms with Crippen LogP contribution in [0.3, 0.4) is 0 Å². The Morgan fingerprint density at radius 1 is 0.900 bits per heavy atom. The lowest BCUT2D eigenvalue weighted by Crippen LogP contribution is -2.12. The van der Waals surface area contributed by atoms with Crippen molar-refractivity contribution in [1.29, 1.82) is 0 Å². The van der Waals surface area contributed by atoms with E-state index < -0.39 is 0 Å². The Balaban J connectivity index is 1.73. The maximum Gasteiger partial charge on any atom is 0.255 e. The lowest BCUT2D eigenvalue weighted by molar-refractivity contribution is 0.102. The third-order valence-electron chi connectivity index (χ3n) is 5.01. The summed E-state index contributed by atoms with van der Waals surface area (Å²) in [6.45, 7) is 3.86. The number of benzene rings is 3. The molecule has 152 valence electrons. The topological polar surface area (TPSA) is 77.8 Å². The van der Waals surface area contributed by atoms with E-state index in [0.717, 1.165) is 11.1 Å². The number of amides is 1. The summed E-state index contributed by atoms with van der Waals surface area (Å²) in [5.74, 6) is 0.691. The molecule has 0 saturated carbocycles. The summed E-state index contributed by atoms with van der Waals surface area (Å²) >= 11 is 0. The van der Waals surface area contributed by atoms with Crippen LogP contribution in [0, 0.1) is 13.8 Å². The van der Waals surface area contributed by atoms with Gasteiger partial charge in [0.2, 0.25) is 5.43 Å². The number of anilines is 1. The molecule has 4 aromatic rings. The minimum atomic E-state index is -0.315. The number of hydrogen-bond acceptors (Lipinski definition) is 5. The fourth-order valence-corrected chi connectivity index (χ4v) is 3.57. The van der Waals surface area contributed by atoms with Gasteiger partial charge in [0, 0.05) is 17.3 Å². The zero-order chi connectivity index (χ0) is 21.4. The first-order valence-corrected chi connectivity index (χ1v) is 9.42. The summed E-state index contributed by atoms with van der Waals surface area (Å²) in [6.07, 6.45) is 0. The molecule has 0 saturated heterocycles. The number of methoxy groups -OCH3 is 2. The first-order valence-electron chi connectivity index (χ1n) is 9.42. The van der Waals surface area contributed by atoms with Gasteiger partial charge in [0.05, 0.1) is 25.0 Å². The molecule has 0 atom stereocenters. The van der Waals surface area contributed by atoms with Gasteiger partial charge < -0.3 is 19.2 Å². The molecular weight excluding hydrogens is 382 g/mol. The normalized spacial score (nSPS) is 10.9. The zero-order valence-electron chi connectivity index (χ0n) is 17.2. The van der Waals surface area contributed by atoms with Gasteiger partial charge in [-0.3, -0.25) is 9.59 Å². The van der Waals surface area contributed by atoms with Crippen molar-refractivity contribution >= 4 is 33.5 Å². The first-order chi connectivity index (χ1) is 14.4. The summed E-state index contributed by atoms with van der Waals surface area (Å²) in [5.41, 5.74) is 3.73. The highest BCUT2D eigenvalue weighted by Gasteiger charge is 2.14. The van der Waals surface area contributed by atoms with Crippen molar-refractivity contribution in [1.82, 2.24) is 0 Å². The van der Waals surface area contributed by atoms with Crippen LogP contribution in [0.5, 0.6) is 11.5 Å². The number of hydrogen-bond donors (Lipinski definition) is 1. The van der Waals surface area contributed by atoms with Crippen molar-refractivity contribution in [2.75, 3.05) is 19.5 Å². The smallest absolute Gasteiger partial charge is 0.255 e. The monoisotopic (exact) mass is 403 g/mol. The van der Waals surface area contributed by atoms with Crippen LogP contribution in [0.15, 0.2) is 57.7 Å². The van der Waals surface area contributed by atoms with Crippen molar-refractivity contribution in [3.63, 3.8) is 0 Å². The third kappa shape index (κ3) is 3.37. The van der Waals surface area contributed by atoms with Crippen LogP contribution in [0.1, 0.15) is 21.5 Å². The predicted molar refractivity (Wildman–Crippen MR) is 117 cm³/mol. The molecule has 0 aliphatic carbocycles. The molecule has 3 aromatic carbocycles. The molecule has 30 heavy (non-hydrogen) atoms. The van der Waals surface area contributed by atoms with E-state index in [2.05, 4.69) is 5.32 Å². The zero-order valence-corrected chi connectivity index (χ0v) is 17.2. The highest BCUT2D eigenvalue weighted by molar-refractivity contribution is 6.05. The number of aryl methyl sites for hydroxylation is 2. The van der Waals surface area contributed by atoms with Gasteiger partial charge in [0.15, 0.2) is 11.5 Å². The molecule has 0 spiro atoms. The number of rotatable bonds is 4. The van der Waals surface area contributed by atoms with Gasteiger partial charge in [-0.05, 0) is 61.4 Å². The molecule has 1 aromatic heterocycles. The summed E-state index contributed by atoms with van der Waals surface area (Å²) in [6, 6.07) is 13.7. The molecule has 0 unspecified atom stereocenters. The van der Waals surface area contributed by atoms with E-state index in [0.29, 0.717) is 44.7 Å². The van der Waals surface area contributed by atoms with Crippen LogP contribution in [0.2, 0.25) is 0 Å². The van der Waals surface area contributed by atoms with Gasteiger partial charge in [0.25, 0.3) is 5.91 Å². The minimum absolute atomic E-state index is 0.0872. The highest BCUT2D eigenvalue weighted by Crippen LogP contribution is 2.28. The van der Waals surface area contributed by atoms with Crippen LogP contribution < -0.4 is 20.2 Å². The minimum Gasteiger partial charge on any atom is -0.493 e. The Morgan fingerprint density at radius 3 is 2.40 bits per heavy atom. The summed E-state index contributed by atoms with van der Waals surface area (Å²) < 4.78 is 16.5. The average molecular weight is 403 g/mol. The Morgan fingerprint density at radius 2 is 1.67 bits per heavy atom. The molecule has 6 nitrogen and oxygen atoms in total. The van der Waals surface area contributed by atoms with Crippen LogP contribution in [-0.4, -0.2) is 20.1 Å². The lowest BCUT2D eigenvalue weighted by Gasteiger charge is -2.11. The Kier molecular flexibility index (Phi) is 4.91. The summed E-state index contributed by atoms with van der Waals surface area (Å²) in [4.78, 5) is 25.6. The Labute approximate surface area is 173 Å². The van der Waals surface area contributed by atoms with E-state index in [9.17, 15) is 9.59 Å². The molecule has 1 heterocycles. The average Bonchev–Trinajstić information content (AvgIpc) is 2.74. The fourth-order valence-electron chi connectivity index (χ4n) is 3.57. The van der Waals surface area contributed by atoms with Crippen molar-refractivity contribution in [2.45, 2.75) is 13.8 Å². The maximum absolute atomic E-state index is 12.9. The first kappa shape index (κ1) is 19.5. The van der Waals surface area contributed by atoms with Crippen molar-refractivity contribution in [3.8, 4) is 11.5 Å². The highest BCUT2D eigenvalue weighted by atomic mass is 16.5. The molecule has 0 fully saturated rings. The Bertz CT molecular complexity index is 1350. The molecule has 1 amide bonds. The van der Waals surface area contributed by atoms with Gasteiger partial charge >= 0.3 is 0 Å². The molecule has 6 heteroatoms. The molecule has 4 rings (SSSR count). The molecule has 1 N–H and O–H groups in total. The quantitative estimate of drug-likeness (QED) is 0.494. The summed E-state index contributed by atoms with van der Waals surface area (Å²) in [5, 5.41) is 3.86. The van der Waals surface area contributed by atoms with Gasteiger partial charge in [0.1, 0.15) is 11.2 Å². The number of ether oxygens (including phenoxy) is 2.